The van der Waals surface area contributed by atoms with Crippen molar-refractivity contribution >= 4 is 128 Å². The Kier molecular flexibility index (Phi) is 27.6. The molecule has 18 heterocycles. The maximum atomic E-state index is 11.8. The van der Waals surface area contributed by atoms with E-state index in [-0.39, 0.29) is 39.5 Å². The van der Waals surface area contributed by atoms with E-state index in [4.69, 9.17) is 81.5 Å². The summed E-state index contributed by atoms with van der Waals surface area (Å²) in [5, 5.41) is 61.7. The standard InChI is InChI=1S/C25H27N9O.C21H25N7O.C15H11ClN6O.C15H13ClN6.C10H6Cl2N2.C5H6N4O/c1-35-16-18-9-5-12-34(18)25-28-20(17-7-3-2-4-8-17)13-22(30-25)29-23-19-14-33(15-21(19)31-32-23)24-26-10-6-11-27-24;1-29-13-15-8-5-9-28(15)21-23-17(14-6-3-2-4-7-14)10-19(25-21)24-20-16-11-22-12-18(16)26-27-20;16-15-18-9(8-4-2-1-3-5-8)6-11(20-15)19-13-12-10(21-22-13)7-17-14(12)23;16-15-18-11(9-4-2-1-3-5-9)6-13(20-15)19-14-10-7-17-8-12(10)21-22-14;11-9-6-8(13-10(12)14-9)7-4-2-1-3-5-7;6-4-3-2(8-9-4)1-7-5(3)10/h2-4,6-8,10-11,13,18H,5,9,12,14-16H2,1H3,(H2,28,29,30,31,32);2-4,6-7,10,15,22H,5,8-9,11-13H2,1H3,(H2,23,24,25,26,27);1-6H,7H2,(H,17,23)(H2,18,19,20,21,22);1-6,17H,7-8H2,(H2,18,19,20,21,22);1-6H;1H2,(H,7,10)(H3,6,8,9)/t18-;15-;;;;/m00..../s1. The zero-order valence-corrected chi connectivity index (χ0v) is 74.7. The first-order valence-corrected chi connectivity index (χ1v) is 44.2. The summed E-state index contributed by atoms with van der Waals surface area (Å²) in [5.41, 5.74) is 23.5. The number of rotatable bonds is 20. The largest absolute Gasteiger partial charge is 0.383 e. The third-order valence-corrected chi connectivity index (χ3v) is 23.1. The Morgan fingerprint density at radius 1 is 0.383 bits per heavy atom. The van der Waals surface area contributed by atoms with Crippen molar-refractivity contribution in [3.63, 3.8) is 0 Å². The number of nitrogens with one attached hydrogen (secondary N) is 13. The molecule has 38 nitrogen and oxygen atoms in total. The molecule has 15 N–H and O–H groups in total. The summed E-state index contributed by atoms with van der Waals surface area (Å²) in [6.45, 7) is 8.73. The van der Waals surface area contributed by atoms with Gasteiger partial charge in [0.2, 0.25) is 33.7 Å². The fourth-order valence-electron chi connectivity index (χ4n) is 16.1. The fourth-order valence-corrected chi connectivity index (χ4v) is 16.9. The van der Waals surface area contributed by atoms with Crippen LogP contribution in [0.4, 0.5) is 70.2 Å². The fraction of sp³-hybridized carbons (Fsp3) is 0.220. The average molecular weight is 1860 g/mol. The number of ether oxygens (including phenoxy) is 2. The van der Waals surface area contributed by atoms with Crippen LogP contribution in [0.2, 0.25) is 21.0 Å². The van der Waals surface area contributed by atoms with E-state index in [9.17, 15) is 9.59 Å². The lowest BCUT2D eigenvalue weighted by atomic mass is 10.1. The van der Waals surface area contributed by atoms with Crippen molar-refractivity contribution in [2.45, 2.75) is 90.1 Å². The van der Waals surface area contributed by atoms with Crippen LogP contribution < -0.4 is 63.0 Å². The molecule has 2 saturated heterocycles. The molecule has 0 aliphatic carbocycles. The van der Waals surface area contributed by atoms with Gasteiger partial charge >= 0.3 is 0 Å². The van der Waals surface area contributed by atoms with Crippen LogP contribution in [0.15, 0.2) is 200 Å². The summed E-state index contributed by atoms with van der Waals surface area (Å²) in [6.07, 6.45) is 7.90. The maximum absolute atomic E-state index is 11.8. The molecule has 23 rings (SSSR count). The first kappa shape index (κ1) is 88.6. The van der Waals surface area contributed by atoms with Gasteiger partial charge in [0.25, 0.3) is 11.8 Å². The normalized spacial score (nSPS) is 15.1. The van der Waals surface area contributed by atoms with Crippen molar-refractivity contribution in [2.75, 3.05) is 82.2 Å². The van der Waals surface area contributed by atoms with E-state index in [0.717, 1.165) is 184 Å². The Labute approximate surface area is 781 Å². The molecule has 42 heteroatoms. The summed E-state index contributed by atoms with van der Waals surface area (Å²) in [6, 6.07) is 61.2. The number of H-pyrrole nitrogens is 5. The van der Waals surface area contributed by atoms with Crippen LogP contribution in [0.1, 0.15) is 91.6 Å². The third kappa shape index (κ3) is 21.2. The van der Waals surface area contributed by atoms with Gasteiger partial charge in [0.05, 0.1) is 108 Å². The summed E-state index contributed by atoms with van der Waals surface area (Å²) in [5.74, 6) is 7.45. The number of methoxy groups -OCH3 is 2. The molecule has 2 fully saturated rings. The number of halogens is 4. The molecule has 0 bridgehead atoms. The molecule has 0 radical (unpaired) electrons. The lowest BCUT2D eigenvalue weighted by Crippen LogP contribution is -2.34. The van der Waals surface area contributed by atoms with Crippen LogP contribution in [0, 0.1) is 0 Å². The molecule has 0 spiro atoms. The molecule has 2 atom stereocenters. The number of nitrogens with zero attached hydrogens (tertiary/aromatic N) is 20. The number of amides is 2. The Morgan fingerprint density at radius 3 is 1.20 bits per heavy atom. The molecular weight excluding hydrogens is 1780 g/mol. The zero-order valence-electron chi connectivity index (χ0n) is 71.7. The molecular formula is C91H88Cl4N34O4. The Bertz CT molecular complexity index is 6700. The number of hydrogen-bond acceptors (Lipinski definition) is 31. The highest BCUT2D eigenvalue weighted by molar-refractivity contribution is 6.32. The predicted molar refractivity (Wildman–Crippen MR) is 508 cm³/mol. The summed E-state index contributed by atoms with van der Waals surface area (Å²) < 4.78 is 10.9. The second-order valence-corrected chi connectivity index (χ2v) is 32.6. The van der Waals surface area contributed by atoms with Gasteiger partial charge < -0.3 is 72.4 Å². The maximum Gasteiger partial charge on any atom is 0.257 e. The number of benzene rings is 5. The number of nitrogens with two attached hydrogens (primary N) is 1. The van der Waals surface area contributed by atoms with Crippen LogP contribution in [-0.2, 0) is 61.8 Å². The molecule has 7 aliphatic heterocycles. The number of fused-ring (bicyclic) bond motifs is 5. The monoisotopic (exact) mass is 1860 g/mol. The van der Waals surface area contributed by atoms with Gasteiger partial charge in [0.15, 0.2) is 29.1 Å². The molecule has 7 aliphatic rings. The van der Waals surface area contributed by atoms with Crippen LogP contribution in [-0.4, -0.2) is 175 Å². The van der Waals surface area contributed by atoms with E-state index in [0.29, 0.717) is 103 Å². The smallest absolute Gasteiger partial charge is 0.257 e. The highest BCUT2D eigenvalue weighted by Gasteiger charge is 2.33. The first-order chi connectivity index (χ1) is 65.1. The summed E-state index contributed by atoms with van der Waals surface area (Å²) in [4.78, 5) is 82.4. The van der Waals surface area contributed by atoms with Crippen molar-refractivity contribution in [3.8, 4) is 56.3 Å². The van der Waals surface area contributed by atoms with Crippen LogP contribution >= 0.6 is 46.4 Å². The number of carbonyl (C=O) groups is 2. The van der Waals surface area contributed by atoms with Gasteiger partial charge in [-0.15, -0.1) is 0 Å². The Hall–Kier alpha value is -15.0. The molecule has 133 heavy (non-hydrogen) atoms. The molecule has 16 aromatic rings. The lowest BCUT2D eigenvalue weighted by molar-refractivity contribution is 0.0958. The molecule has 0 unspecified atom stereocenters. The Balaban J connectivity index is 0.000000111. The van der Waals surface area contributed by atoms with E-state index in [1.54, 1.807) is 38.7 Å². The van der Waals surface area contributed by atoms with Gasteiger partial charge in [-0.25, -0.2) is 49.8 Å². The lowest BCUT2D eigenvalue weighted by Gasteiger charge is -2.25. The predicted octanol–water partition coefficient (Wildman–Crippen LogP) is 14.4. The van der Waals surface area contributed by atoms with E-state index < -0.39 is 0 Å². The topological polar surface area (TPSA) is 483 Å². The first-order valence-electron chi connectivity index (χ1n) is 42.7. The van der Waals surface area contributed by atoms with Crippen molar-refractivity contribution in [1.29, 1.82) is 0 Å². The van der Waals surface area contributed by atoms with Crippen molar-refractivity contribution in [3.05, 3.63) is 278 Å². The minimum atomic E-state index is -0.167. The van der Waals surface area contributed by atoms with Gasteiger partial charge in [-0.2, -0.15) is 35.5 Å². The number of aromatic nitrogens is 22. The quantitative estimate of drug-likeness (QED) is 0.0249. The SMILES string of the molecule is COC[C@@H]1CCCN1c1nc(Nc2n[nH]c3c2CN(c2ncccn2)C3)cc(-c2ccccc2)n1.COC[C@@H]1CCCN1c1nc(Nc2n[nH]c3c2CNC3)cc(-c2ccccc2)n1.Clc1cc(-c2ccccc2)nc(Cl)n1.Clc1nc(Nc2n[nH]c3c2CNC3)cc(-c2ccccc2)n1.Nc1n[nH]c2c1C(=O)NC2.O=C1NCc2[nH]nc(Nc3cc(-c4ccccc4)nc(Cl)n3)c21. The van der Waals surface area contributed by atoms with Crippen molar-refractivity contribution < 1.29 is 19.1 Å². The minimum Gasteiger partial charge on any atom is -0.383 e. The number of anilines is 12. The summed E-state index contributed by atoms with van der Waals surface area (Å²) >= 11 is 23.5. The van der Waals surface area contributed by atoms with Gasteiger partial charge in [-0.3, -0.25) is 35.1 Å². The molecule has 674 valence electrons. The molecule has 11 aromatic heterocycles. The average Bonchev–Trinajstić information content (AvgIpc) is 1.57. The molecule has 0 saturated carbocycles. The summed E-state index contributed by atoms with van der Waals surface area (Å²) in [7, 11) is 3.49. The second-order valence-electron chi connectivity index (χ2n) is 31.2. The number of nitrogen functional groups attached to an aromatic ring is 1. The van der Waals surface area contributed by atoms with Gasteiger partial charge in [-0.05, 0) is 66.6 Å². The van der Waals surface area contributed by atoms with Crippen molar-refractivity contribution in [2.24, 2.45) is 0 Å². The van der Waals surface area contributed by atoms with E-state index in [1.807, 2.05) is 152 Å². The number of aromatic amines is 5. The van der Waals surface area contributed by atoms with Crippen LogP contribution in [0.3, 0.4) is 0 Å². The zero-order chi connectivity index (χ0) is 91.1. The number of hydrogen-bond donors (Lipinski definition) is 14. The Morgan fingerprint density at radius 2 is 0.759 bits per heavy atom. The van der Waals surface area contributed by atoms with Crippen molar-refractivity contribution in [1.82, 2.24) is 132 Å². The van der Waals surface area contributed by atoms with E-state index in [1.165, 1.54) is 5.56 Å². The highest BCUT2D eigenvalue weighted by atomic mass is 35.5. The van der Waals surface area contributed by atoms with E-state index >= 15 is 0 Å². The van der Waals surface area contributed by atoms with Gasteiger partial charge in [0, 0.05) is 141 Å². The van der Waals surface area contributed by atoms with Crippen LogP contribution in [0.5, 0.6) is 0 Å². The number of carbonyl (C=O) groups excluding carboxylic acids is 2. The van der Waals surface area contributed by atoms with Gasteiger partial charge in [-0.1, -0.05) is 163 Å². The van der Waals surface area contributed by atoms with E-state index in [2.05, 4.69) is 172 Å². The molecule has 5 aromatic carbocycles. The minimum absolute atomic E-state index is 0.116. The highest BCUT2D eigenvalue weighted by Crippen LogP contribution is 2.37. The third-order valence-electron chi connectivity index (χ3n) is 22.4. The van der Waals surface area contributed by atoms with Crippen LogP contribution in [0.25, 0.3) is 56.3 Å². The molecule has 2 amide bonds. The van der Waals surface area contributed by atoms with Gasteiger partial charge in [0.1, 0.15) is 39.6 Å². The second kappa shape index (κ2) is 41.4.